The fourth-order valence-corrected chi connectivity index (χ4v) is 1.16. The molecule has 0 radical (unpaired) electrons. The fourth-order valence-electron chi connectivity index (χ4n) is 1.16. The molecule has 0 aromatic carbocycles. The van der Waals surface area contributed by atoms with Crippen LogP contribution in [0.25, 0.3) is 0 Å². The van der Waals surface area contributed by atoms with E-state index < -0.39 is 0 Å². The third kappa shape index (κ3) is 2.71. The van der Waals surface area contributed by atoms with Gasteiger partial charge in [-0.3, -0.25) is 4.79 Å². The molecule has 0 unspecified atom stereocenters. The maximum absolute atomic E-state index is 11.0. The zero-order chi connectivity index (χ0) is 8.10. The molecule has 1 rings (SSSR count). The minimum Gasteiger partial charge on any atom is -0.295 e. The highest BCUT2D eigenvalue weighted by Crippen LogP contribution is 2.13. The summed E-state index contributed by atoms with van der Waals surface area (Å²) in [5.41, 5.74) is 0. The summed E-state index contributed by atoms with van der Waals surface area (Å²) >= 11 is 0. The molecular weight excluding hydrogens is 136 g/mol. The van der Waals surface area contributed by atoms with Crippen LogP contribution < -0.4 is 0 Å². The lowest BCUT2D eigenvalue weighted by atomic mass is 9.98. The Morgan fingerprint density at radius 2 is 2.36 bits per heavy atom. The van der Waals surface area contributed by atoms with E-state index in [4.69, 9.17) is 0 Å². The minimum absolute atomic E-state index is 0.222. The number of hydrogen-bond acceptors (Lipinski definition) is 1. The second-order valence-electron chi connectivity index (χ2n) is 2.90. The normalized spacial score (nSPS) is 30.6. The van der Waals surface area contributed by atoms with E-state index >= 15 is 0 Å². The number of ketones is 1. The zero-order valence-electron chi connectivity index (χ0n) is 6.92. The lowest BCUT2D eigenvalue weighted by molar-refractivity contribution is -0.113. The molecule has 0 saturated carbocycles. The van der Waals surface area contributed by atoms with Crippen molar-refractivity contribution in [3.8, 4) is 0 Å². The summed E-state index contributed by atoms with van der Waals surface area (Å²) in [4.78, 5) is 11.0. The van der Waals surface area contributed by atoms with Crippen molar-refractivity contribution >= 4 is 5.78 Å². The maximum Gasteiger partial charge on any atom is 0.159 e. The van der Waals surface area contributed by atoms with Crippen molar-refractivity contribution < 1.29 is 4.79 Å². The first-order valence-corrected chi connectivity index (χ1v) is 4.19. The quantitative estimate of drug-likeness (QED) is 0.525. The van der Waals surface area contributed by atoms with E-state index in [2.05, 4.69) is 13.0 Å². The predicted molar refractivity (Wildman–Crippen MR) is 46.3 cm³/mol. The van der Waals surface area contributed by atoms with Crippen LogP contribution in [0.5, 0.6) is 0 Å². The summed E-state index contributed by atoms with van der Waals surface area (Å²) in [6, 6.07) is 0. The Kier molecular flexibility index (Phi) is 3.09. The largest absolute Gasteiger partial charge is 0.295 e. The van der Waals surface area contributed by atoms with E-state index in [1.807, 2.05) is 12.2 Å². The fraction of sp³-hybridized carbons (Fsp3) is 0.500. The van der Waals surface area contributed by atoms with E-state index in [1.54, 1.807) is 6.08 Å². The van der Waals surface area contributed by atoms with Crippen molar-refractivity contribution in [3.63, 3.8) is 0 Å². The summed E-state index contributed by atoms with van der Waals surface area (Å²) in [6.45, 7) is 2.15. The van der Waals surface area contributed by atoms with Crippen molar-refractivity contribution in [1.82, 2.24) is 0 Å². The third-order valence-electron chi connectivity index (χ3n) is 2.00. The molecule has 1 nitrogen and oxygen atoms in total. The van der Waals surface area contributed by atoms with Gasteiger partial charge in [0.05, 0.1) is 0 Å². The van der Waals surface area contributed by atoms with Crippen LogP contribution in [0.2, 0.25) is 0 Å². The average molecular weight is 150 g/mol. The standard InChI is InChI=1S/C10H14O/c1-2-9-5-3-4-6-10(11)8-7-9/h3-4,7-9H,2,5-6H2,1H3/b4-3-,8-7-/t9-/m1/s1. The van der Waals surface area contributed by atoms with Crippen LogP contribution in [-0.2, 0) is 4.79 Å². The van der Waals surface area contributed by atoms with Gasteiger partial charge >= 0.3 is 0 Å². The van der Waals surface area contributed by atoms with Crippen molar-refractivity contribution in [2.75, 3.05) is 0 Å². The van der Waals surface area contributed by atoms with Gasteiger partial charge in [-0.05, 0) is 24.8 Å². The molecule has 0 fully saturated rings. The molecule has 0 aliphatic heterocycles. The van der Waals surface area contributed by atoms with E-state index in [9.17, 15) is 4.79 Å². The lowest BCUT2D eigenvalue weighted by Gasteiger charge is -2.07. The molecule has 1 heteroatoms. The Morgan fingerprint density at radius 1 is 1.55 bits per heavy atom. The van der Waals surface area contributed by atoms with Gasteiger partial charge in [-0.2, -0.15) is 0 Å². The summed E-state index contributed by atoms with van der Waals surface area (Å²) in [7, 11) is 0. The summed E-state index contributed by atoms with van der Waals surface area (Å²) < 4.78 is 0. The van der Waals surface area contributed by atoms with Crippen LogP contribution in [0.15, 0.2) is 24.3 Å². The minimum atomic E-state index is 0.222. The van der Waals surface area contributed by atoms with Gasteiger partial charge in [-0.15, -0.1) is 0 Å². The topological polar surface area (TPSA) is 17.1 Å². The van der Waals surface area contributed by atoms with Crippen LogP contribution in [0.4, 0.5) is 0 Å². The average Bonchev–Trinajstić information content (AvgIpc) is 1.98. The smallest absolute Gasteiger partial charge is 0.159 e. The second-order valence-corrected chi connectivity index (χ2v) is 2.90. The van der Waals surface area contributed by atoms with E-state index in [0.717, 1.165) is 12.8 Å². The first-order chi connectivity index (χ1) is 5.33. The summed E-state index contributed by atoms with van der Waals surface area (Å²) in [5, 5.41) is 0. The Balaban J connectivity index is 2.58. The zero-order valence-corrected chi connectivity index (χ0v) is 6.92. The van der Waals surface area contributed by atoms with Gasteiger partial charge in [-0.1, -0.05) is 25.2 Å². The van der Waals surface area contributed by atoms with Crippen molar-refractivity contribution in [2.24, 2.45) is 5.92 Å². The third-order valence-corrected chi connectivity index (χ3v) is 2.00. The van der Waals surface area contributed by atoms with E-state index in [0.29, 0.717) is 12.3 Å². The second kappa shape index (κ2) is 4.12. The molecule has 1 aliphatic rings. The molecule has 0 amide bonds. The van der Waals surface area contributed by atoms with Crippen molar-refractivity contribution in [1.29, 1.82) is 0 Å². The predicted octanol–water partition coefficient (Wildman–Crippen LogP) is 2.49. The Labute approximate surface area is 67.8 Å². The molecule has 1 aliphatic carbocycles. The number of rotatable bonds is 1. The number of allylic oxidation sites excluding steroid dienone is 4. The molecule has 11 heavy (non-hydrogen) atoms. The van der Waals surface area contributed by atoms with Crippen LogP contribution in [-0.4, -0.2) is 5.78 Å². The Bertz CT molecular complexity index is 189. The SMILES string of the molecule is CC[C@H]1/C=C\C(=O)C/C=C\C1. The number of carbonyl (C=O) groups is 1. The molecule has 0 saturated heterocycles. The van der Waals surface area contributed by atoms with Gasteiger partial charge in [0, 0.05) is 6.42 Å². The molecule has 0 aromatic rings. The molecule has 0 spiro atoms. The first-order valence-electron chi connectivity index (χ1n) is 4.19. The van der Waals surface area contributed by atoms with E-state index in [1.165, 1.54) is 0 Å². The highest BCUT2D eigenvalue weighted by molar-refractivity contribution is 5.90. The Hall–Kier alpha value is -0.850. The van der Waals surface area contributed by atoms with Crippen molar-refractivity contribution in [3.05, 3.63) is 24.3 Å². The molecule has 1 atom stereocenters. The first kappa shape index (κ1) is 8.25. The lowest BCUT2D eigenvalue weighted by Crippen LogP contribution is -1.98. The molecule has 0 aromatic heterocycles. The molecule has 0 heterocycles. The van der Waals surface area contributed by atoms with Crippen LogP contribution >= 0.6 is 0 Å². The Morgan fingerprint density at radius 3 is 3.09 bits per heavy atom. The number of carbonyl (C=O) groups excluding carboxylic acids is 1. The van der Waals surface area contributed by atoms with Gasteiger partial charge in [-0.25, -0.2) is 0 Å². The summed E-state index contributed by atoms with van der Waals surface area (Å²) in [6.07, 6.45) is 10.6. The molecule has 0 N–H and O–H groups in total. The molecule has 0 bridgehead atoms. The highest BCUT2D eigenvalue weighted by Gasteiger charge is 2.02. The van der Waals surface area contributed by atoms with Crippen LogP contribution in [0, 0.1) is 5.92 Å². The maximum atomic E-state index is 11.0. The molecular formula is C10H14O. The van der Waals surface area contributed by atoms with Gasteiger partial charge in [0.1, 0.15) is 0 Å². The van der Waals surface area contributed by atoms with Crippen LogP contribution in [0.3, 0.4) is 0 Å². The summed E-state index contributed by atoms with van der Waals surface area (Å²) in [5.74, 6) is 0.787. The van der Waals surface area contributed by atoms with Crippen molar-refractivity contribution in [2.45, 2.75) is 26.2 Å². The van der Waals surface area contributed by atoms with Gasteiger partial charge in [0.2, 0.25) is 0 Å². The monoisotopic (exact) mass is 150 g/mol. The van der Waals surface area contributed by atoms with Gasteiger partial charge < -0.3 is 0 Å². The van der Waals surface area contributed by atoms with Crippen LogP contribution in [0.1, 0.15) is 26.2 Å². The highest BCUT2D eigenvalue weighted by atomic mass is 16.1. The van der Waals surface area contributed by atoms with Gasteiger partial charge in [0.25, 0.3) is 0 Å². The molecule has 60 valence electrons. The number of hydrogen-bond donors (Lipinski definition) is 0. The van der Waals surface area contributed by atoms with Gasteiger partial charge in [0.15, 0.2) is 5.78 Å². The van der Waals surface area contributed by atoms with E-state index in [-0.39, 0.29) is 5.78 Å².